The maximum atomic E-state index is 12.9. The smallest absolute Gasteiger partial charge is 0.185 e. The number of Topliss-reactive ketones (excluding diaryl/α,β-unsaturated/α-hetero) is 1. The van der Waals surface area contributed by atoms with Gasteiger partial charge in [0.05, 0.1) is 0 Å². The fourth-order valence-corrected chi connectivity index (χ4v) is 6.26. The topological polar surface area (TPSA) is 40.6 Å². The Balaban J connectivity index is 1.43. The summed E-state index contributed by atoms with van der Waals surface area (Å²) in [5.74, 6) is 0.976. The molecule has 0 aliphatic carbocycles. The van der Waals surface area contributed by atoms with E-state index in [1.165, 1.54) is 36.8 Å². The highest BCUT2D eigenvalue weighted by Gasteiger charge is 2.24. The lowest BCUT2D eigenvalue weighted by Gasteiger charge is -2.32. The minimum atomic E-state index is 0.0601. The third-order valence-corrected chi connectivity index (χ3v) is 9.23. The number of nitrogens with zero attached hydrogens (tertiary/aromatic N) is 2. The van der Waals surface area contributed by atoms with Crippen molar-refractivity contribution in [3.8, 4) is 0 Å². The van der Waals surface area contributed by atoms with E-state index in [0.29, 0.717) is 11.7 Å². The number of hydrogen-bond acceptors (Lipinski definition) is 4. The van der Waals surface area contributed by atoms with Crippen molar-refractivity contribution in [2.24, 2.45) is 5.92 Å². The zero-order chi connectivity index (χ0) is 28.1. The van der Waals surface area contributed by atoms with E-state index in [-0.39, 0.29) is 11.2 Å². The fourth-order valence-electron chi connectivity index (χ4n) is 6.26. The van der Waals surface area contributed by atoms with Crippen LogP contribution in [-0.4, -0.2) is 61.1 Å². The molecule has 0 aromatic heterocycles. The van der Waals surface area contributed by atoms with Crippen LogP contribution in [0.4, 0.5) is 0 Å². The van der Waals surface area contributed by atoms with E-state index in [9.17, 15) is 9.59 Å². The molecule has 0 bridgehead atoms. The molecule has 39 heavy (non-hydrogen) atoms. The van der Waals surface area contributed by atoms with Gasteiger partial charge in [-0.3, -0.25) is 9.59 Å². The quantitative estimate of drug-likeness (QED) is 0.145. The van der Waals surface area contributed by atoms with Crippen molar-refractivity contribution in [1.29, 1.82) is 0 Å². The number of ketones is 2. The van der Waals surface area contributed by atoms with Crippen LogP contribution in [0.2, 0.25) is 0 Å². The van der Waals surface area contributed by atoms with Gasteiger partial charge in [0.2, 0.25) is 0 Å². The molecule has 1 aromatic rings. The normalized spacial score (nSPS) is 19.9. The van der Waals surface area contributed by atoms with E-state index in [2.05, 4.69) is 49.8 Å². The second-order valence-electron chi connectivity index (χ2n) is 13.0. The largest absolute Gasteiger partial charge is 0.306 e. The molecule has 2 aliphatic heterocycles. The van der Waals surface area contributed by atoms with Crippen molar-refractivity contribution in [2.75, 3.05) is 39.8 Å². The Morgan fingerprint density at radius 1 is 0.897 bits per heavy atom. The molecule has 2 aliphatic rings. The zero-order valence-electron chi connectivity index (χ0n) is 25.6. The number of unbranched alkanes of at least 4 members (excludes halogenated alkanes) is 4. The SMILES string of the molecule is CCCCCCCC(=O)C1CCCN(CCC(C)(C)c2ccc(C(=O)C=C3CCCN(C)CC3)cc2)CCC1. The van der Waals surface area contributed by atoms with Gasteiger partial charge in [0.15, 0.2) is 5.78 Å². The first-order chi connectivity index (χ1) is 18.8. The van der Waals surface area contributed by atoms with Crippen LogP contribution in [0, 0.1) is 5.92 Å². The Labute approximate surface area is 239 Å². The highest BCUT2D eigenvalue weighted by Crippen LogP contribution is 2.29. The zero-order valence-corrected chi connectivity index (χ0v) is 25.6. The Bertz CT molecular complexity index is 907. The minimum absolute atomic E-state index is 0.0601. The van der Waals surface area contributed by atoms with Gasteiger partial charge in [-0.1, -0.05) is 76.3 Å². The highest BCUT2D eigenvalue weighted by atomic mass is 16.1. The van der Waals surface area contributed by atoms with Crippen LogP contribution < -0.4 is 0 Å². The summed E-state index contributed by atoms with van der Waals surface area (Å²) in [5.41, 5.74) is 3.46. The number of likely N-dealkylation sites (tertiary alicyclic amines) is 2. The Kier molecular flexibility index (Phi) is 13.4. The van der Waals surface area contributed by atoms with Crippen molar-refractivity contribution >= 4 is 11.6 Å². The molecule has 0 atom stereocenters. The van der Waals surface area contributed by atoms with Gasteiger partial charge in [-0.15, -0.1) is 0 Å². The summed E-state index contributed by atoms with van der Waals surface area (Å²) in [6.07, 6.45) is 17.5. The second-order valence-corrected chi connectivity index (χ2v) is 13.0. The van der Waals surface area contributed by atoms with E-state index < -0.39 is 0 Å². The van der Waals surface area contributed by atoms with Crippen LogP contribution in [0.1, 0.15) is 127 Å². The van der Waals surface area contributed by atoms with Crippen LogP contribution in [0.3, 0.4) is 0 Å². The first kappa shape index (κ1) is 31.7. The van der Waals surface area contributed by atoms with E-state index in [1.807, 2.05) is 18.2 Å². The summed E-state index contributed by atoms with van der Waals surface area (Å²) < 4.78 is 0. The Morgan fingerprint density at radius 2 is 1.59 bits per heavy atom. The van der Waals surface area contributed by atoms with Gasteiger partial charge < -0.3 is 9.80 Å². The molecule has 1 aromatic carbocycles. The van der Waals surface area contributed by atoms with Gasteiger partial charge in [-0.2, -0.15) is 0 Å². The molecule has 4 heteroatoms. The fraction of sp³-hybridized carbons (Fsp3) is 0.714. The van der Waals surface area contributed by atoms with Crippen LogP contribution in [0.25, 0.3) is 0 Å². The van der Waals surface area contributed by atoms with Crippen LogP contribution in [0.15, 0.2) is 35.9 Å². The molecule has 0 spiro atoms. The van der Waals surface area contributed by atoms with Gasteiger partial charge in [0.25, 0.3) is 0 Å². The molecule has 0 unspecified atom stereocenters. The predicted molar refractivity (Wildman–Crippen MR) is 165 cm³/mol. The third-order valence-electron chi connectivity index (χ3n) is 9.23. The van der Waals surface area contributed by atoms with E-state index in [1.54, 1.807) is 0 Å². The second kappa shape index (κ2) is 16.5. The molecule has 0 radical (unpaired) electrons. The molecule has 0 N–H and O–H groups in total. The summed E-state index contributed by atoms with van der Waals surface area (Å²) in [6, 6.07) is 8.38. The Morgan fingerprint density at radius 3 is 2.28 bits per heavy atom. The lowest BCUT2D eigenvalue weighted by Crippen LogP contribution is -2.34. The van der Waals surface area contributed by atoms with Gasteiger partial charge in [-0.25, -0.2) is 0 Å². The molecule has 2 heterocycles. The minimum Gasteiger partial charge on any atom is -0.306 e. The van der Waals surface area contributed by atoms with Crippen molar-refractivity contribution in [3.63, 3.8) is 0 Å². The van der Waals surface area contributed by atoms with Crippen molar-refractivity contribution < 1.29 is 9.59 Å². The number of hydrogen-bond donors (Lipinski definition) is 0. The summed E-state index contributed by atoms with van der Waals surface area (Å²) in [6.45, 7) is 12.3. The van der Waals surface area contributed by atoms with Crippen LogP contribution >= 0.6 is 0 Å². The molecule has 218 valence electrons. The van der Waals surface area contributed by atoms with Gasteiger partial charge in [0.1, 0.15) is 5.78 Å². The summed E-state index contributed by atoms with van der Waals surface area (Å²) in [5, 5.41) is 0. The van der Waals surface area contributed by atoms with Crippen molar-refractivity contribution in [3.05, 3.63) is 47.0 Å². The number of carbonyl (C=O) groups is 2. The van der Waals surface area contributed by atoms with Gasteiger partial charge in [0, 0.05) is 24.4 Å². The van der Waals surface area contributed by atoms with Gasteiger partial charge in [-0.05, 0) is 108 Å². The van der Waals surface area contributed by atoms with Crippen LogP contribution in [0.5, 0.6) is 0 Å². The standard InChI is InChI=1S/C35H56N2O2/c1-5-6-7-8-9-16-33(38)30-14-11-24-37(25-12-15-30)27-22-35(2,3)32-19-17-31(18-20-32)34(39)28-29-13-10-23-36(4)26-21-29/h17-20,28,30H,5-16,21-27H2,1-4H3. The molecule has 0 amide bonds. The van der Waals surface area contributed by atoms with Crippen molar-refractivity contribution in [1.82, 2.24) is 9.80 Å². The van der Waals surface area contributed by atoms with E-state index in [4.69, 9.17) is 0 Å². The molecular weight excluding hydrogens is 480 g/mol. The summed E-state index contributed by atoms with van der Waals surface area (Å²) in [4.78, 5) is 30.6. The molecule has 0 saturated carbocycles. The number of rotatable bonds is 13. The molecule has 2 fully saturated rings. The first-order valence-corrected chi connectivity index (χ1v) is 16.1. The average molecular weight is 537 g/mol. The molecule has 2 saturated heterocycles. The lowest BCUT2D eigenvalue weighted by atomic mass is 9.81. The molecule has 3 rings (SSSR count). The summed E-state index contributed by atoms with van der Waals surface area (Å²) >= 11 is 0. The number of carbonyl (C=O) groups excluding carboxylic acids is 2. The average Bonchev–Trinajstić information content (AvgIpc) is 3.11. The lowest BCUT2D eigenvalue weighted by molar-refractivity contribution is -0.123. The molecular formula is C35H56N2O2. The van der Waals surface area contributed by atoms with Crippen molar-refractivity contribution in [2.45, 2.75) is 116 Å². The predicted octanol–water partition coefficient (Wildman–Crippen LogP) is 8.00. The van der Waals surface area contributed by atoms with Crippen LogP contribution in [-0.2, 0) is 10.2 Å². The third kappa shape index (κ3) is 11.0. The van der Waals surface area contributed by atoms with E-state index in [0.717, 1.165) is 102 Å². The highest BCUT2D eigenvalue weighted by molar-refractivity contribution is 6.04. The number of allylic oxidation sites excluding steroid dienone is 1. The molecule has 4 nitrogen and oxygen atoms in total. The first-order valence-electron chi connectivity index (χ1n) is 16.1. The van der Waals surface area contributed by atoms with E-state index >= 15 is 0 Å². The maximum Gasteiger partial charge on any atom is 0.185 e. The monoisotopic (exact) mass is 536 g/mol. The Hall–Kier alpha value is -1.78. The van der Waals surface area contributed by atoms with Gasteiger partial charge >= 0.3 is 0 Å². The number of benzene rings is 1. The maximum absolute atomic E-state index is 12.9. The summed E-state index contributed by atoms with van der Waals surface area (Å²) in [7, 11) is 2.16.